The van der Waals surface area contributed by atoms with Crippen molar-refractivity contribution in [3.63, 3.8) is 0 Å². The Balaban J connectivity index is 1.31. The zero-order chi connectivity index (χ0) is 25.9. The van der Waals surface area contributed by atoms with Crippen LogP contribution >= 0.6 is 0 Å². The minimum absolute atomic E-state index is 0.190. The predicted molar refractivity (Wildman–Crippen MR) is 137 cm³/mol. The molecule has 2 heterocycles. The molecule has 5 rings (SSSR count). The summed E-state index contributed by atoms with van der Waals surface area (Å²) in [5.41, 5.74) is 4.27. The Morgan fingerprint density at radius 1 is 0.892 bits per heavy atom. The number of hydrogen-bond acceptors (Lipinski definition) is 7. The fourth-order valence-electron chi connectivity index (χ4n) is 4.49. The second-order valence-corrected chi connectivity index (χ2v) is 9.02. The molecule has 1 aliphatic heterocycles. The fraction of sp³-hybridized carbons (Fsp3) is 0.259. The Morgan fingerprint density at radius 2 is 1.65 bits per heavy atom. The third kappa shape index (κ3) is 5.33. The fourth-order valence-corrected chi connectivity index (χ4v) is 4.49. The first-order valence-corrected chi connectivity index (χ1v) is 11.9. The van der Waals surface area contributed by atoms with Crippen LogP contribution in [-0.2, 0) is 11.2 Å². The quantitative estimate of drug-likeness (QED) is 0.212. The van der Waals surface area contributed by atoms with Crippen LogP contribution in [0.4, 0.5) is 16.2 Å². The van der Waals surface area contributed by atoms with Crippen molar-refractivity contribution in [3.05, 3.63) is 89.7 Å². The van der Waals surface area contributed by atoms with Crippen LogP contribution < -0.4 is 10.6 Å². The predicted octanol–water partition coefficient (Wildman–Crippen LogP) is 2.31. The van der Waals surface area contributed by atoms with E-state index in [9.17, 15) is 25.2 Å². The number of aromatic nitrogens is 2. The van der Waals surface area contributed by atoms with E-state index in [1.165, 1.54) is 5.56 Å². The van der Waals surface area contributed by atoms with Crippen molar-refractivity contribution in [3.8, 4) is 0 Å². The summed E-state index contributed by atoms with van der Waals surface area (Å²) in [5.74, 6) is 0.190. The van der Waals surface area contributed by atoms with Gasteiger partial charge in [-0.2, -0.15) is 0 Å². The molecule has 37 heavy (non-hydrogen) atoms. The van der Waals surface area contributed by atoms with Crippen LogP contribution in [-0.4, -0.2) is 67.4 Å². The van der Waals surface area contributed by atoms with Gasteiger partial charge in [0.1, 0.15) is 41.9 Å². The number of nitrogens with one attached hydrogen (secondary N) is 3. The Morgan fingerprint density at radius 3 is 2.43 bits per heavy atom. The molecule has 7 N–H and O–H groups in total. The van der Waals surface area contributed by atoms with Crippen LogP contribution in [0.3, 0.4) is 0 Å². The van der Waals surface area contributed by atoms with Crippen LogP contribution in [0.5, 0.6) is 0 Å². The highest BCUT2D eigenvalue weighted by Gasteiger charge is 2.45. The van der Waals surface area contributed by atoms with E-state index >= 15 is 0 Å². The lowest BCUT2D eigenvalue weighted by molar-refractivity contribution is -0.233. The number of urea groups is 1. The highest BCUT2D eigenvalue weighted by atomic mass is 16.5. The number of H-pyrrole nitrogens is 1. The third-order valence-electron chi connectivity index (χ3n) is 6.38. The summed E-state index contributed by atoms with van der Waals surface area (Å²) in [6, 6.07) is 22.4. The molecule has 10 nitrogen and oxygen atoms in total. The number of aromatic amines is 1. The largest absolute Gasteiger partial charge is 0.394 e. The molecule has 10 heteroatoms. The van der Waals surface area contributed by atoms with Crippen LogP contribution in [0, 0.1) is 0 Å². The number of carbonyl (C=O) groups is 1. The van der Waals surface area contributed by atoms with Gasteiger partial charge < -0.3 is 40.8 Å². The van der Waals surface area contributed by atoms with E-state index in [1.54, 1.807) is 24.3 Å². The molecule has 1 fully saturated rings. The zero-order valence-electron chi connectivity index (χ0n) is 19.8. The summed E-state index contributed by atoms with van der Waals surface area (Å²) < 4.78 is 5.60. The normalized spacial score (nSPS) is 23.6. The van der Waals surface area contributed by atoms with Gasteiger partial charge in [-0.1, -0.05) is 48.5 Å². The Kier molecular flexibility index (Phi) is 7.17. The molecule has 0 aliphatic carbocycles. The number of amides is 2. The first-order valence-electron chi connectivity index (χ1n) is 11.9. The molecule has 0 saturated carbocycles. The standard InChI is InChI=1S/C27H28N4O6/c32-14-20-22(33)23(34)24(35)25(37-20)26-29-18-10-5-11-19(21(18)31-26)30-27(36)28-17-9-4-8-16(13-17)12-15-6-2-1-3-7-15/h1-11,13,20,22-25,32-35H,12,14H2,(H,29,31)(H2,28,30,36)/t20-,22-,23+,24-,25-/m1/s1. The van der Waals surface area contributed by atoms with Gasteiger partial charge in [-0.15, -0.1) is 0 Å². The number of para-hydroxylation sites is 1. The van der Waals surface area contributed by atoms with Gasteiger partial charge in [0.15, 0.2) is 0 Å². The topological polar surface area (TPSA) is 160 Å². The number of fused-ring (bicyclic) bond motifs is 1. The lowest BCUT2D eigenvalue weighted by Crippen LogP contribution is -2.55. The highest BCUT2D eigenvalue weighted by molar-refractivity contribution is 6.04. The third-order valence-corrected chi connectivity index (χ3v) is 6.38. The van der Waals surface area contributed by atoms with Crippen molar-refractivity contribution in [2.24, 2.45) is 0 Å². The Hall–Kier alpha value is -3.80. The summed E-state index contributed by atoms with van der Waals surface area (Å²) >= 11 is 0. The van der Waals surface area contributed by atoms with Crippen molar-refractivity contribution in [1.82, 2.24) is 9.97 Å². The van der Waals surface area contributed by atoms with E-state index in [2.05, 4.69) is 32.7 Å². The van der Waals surface area contributed by atoms with E-state index in [-0.39, 0.29) is 5.82 Å². The van der Waals surface area contributed by atoms with Crippen molar-refractivity contribution < 1.29 is 30.0 Å². The van der Waals surface area contributed by atoms with E-state index in [4.69, 9.17) is 4.74 Å². The molecule has 1 aliphatic rings. The van der Waals surface area contributed by atoms with Gasteiger partial charge >= 0.3 is 6.03 Å². The van der Waals surface area contributed by atoms with Crippen molar-refractivity contribution in [2.45, 2.75) is 36.9 Å². The van der Waals surface area contributed by atoms with Gasteiger partial charge in [-0.25, -0.2) is 9.78 Å². The number of ether oxygens (including phenoxy) is 1. The Labute approximate surface area is 212 Å². The monoisotopic (exact) mass is 504 g/mol. The molecule has 0 bridgehead atoms. The number of aliphatic hydroxyl groups is 4. The SMILES string of the molecule is O=C(Nc1cccc(Cc2ccccc2)c1)Nc1cccc2[nH]c([C@@H]3O[C@H](CO)[C@@H](O)[C@H](O)[C@H]3O)nc12. The molecule has 5 atom stereocenters. The van der Waals surface area contributed by atoms with Crippen LogP contribution in [0.2, 0.25) is 0 Å². The number of aliphatic hydroxyl groups excluding tert-OH is 4. The maximum absolute atomic E-state index is 12.8. The molecular weight excluding hydrogens is 476 g/mol. The zero-order valence-corrected chi connectivity index (χ0v) is 19.8. The number of carbonyl (C=O) groups excluding carboxylic acids is 1. The molecule has 0 unspecified atom stereocenters. The van der Waals surface area contributed by atoms with Crippen molar-refractivity contribution in [2.75, 3.05) is 17.2 Å². The molecule has 3 aromatic carbocycles. The summed E-state index contributed by atoms with van der Waals surface area (Å²) in [5, 5.41) is 45.7. The van der Waals surface area contributed by atoms with E-state index in [0.29, 0.717) is 22.4 Å². The molecule has 192 valence electrons. The number of rotatable bonds is 6. The average Bonchev–Trinajstić information content (AvgIpc) is 3.33. The summed E-state index contributed by atoms with van der Waals surface area (Å²) in [4.78, 5) is 20.3. The van der Waals surface area contributed by atoms with Gasteiger partial charge in [0.05, 0.1) is 17.8 Å². The first kappa shape index (κ1) is 24.9. The number of nitrogens with zero attached hydrogens (tertiary/aromatic N) is 1. The minimum Gasteiger partial charge on any atom is -0.394 e. The average molecular weight is 505 g/mol. The molecule has 0 radical (unpaired) electrons. The summed E-state index contributed by atoms with van der Waals surface area (Å²) in [6.45, 7) is -0.540. The van der Waals surface area contributed by atoms with Gasteiger partial charge in [0.2, 0.25) is 0 Å². The van der Waals surface area contributed by atoms with Gasteiger partial charge in [-0.05, 0) is 41.8 Å². The number of anilines is 2. The minimum atomic E-state index is -1.52. The maximum atomic E-state index is 12.8. The number of imidazole rings is 1. The maximum Gasteiger partial charge on any atom is 0.323 e. The molecular formula is C27H28N4O6. The second-order valence-electron chi connectivity index (χ2n) is 9.02. The van der Waals surface area contributed by atoms with E-state index < -0.39 is 43.2 Å². The summed E-state index contributed by atoms with van der Waals surface area (Å²) in [6.07, 6.45) is -5.89. The van der Waals surface area contributed by atoms with E-state index in [0.717, 1.165) is 12.0 Å². The molecule has 0 spiro atoms. The number of hydrogen-bond donors (Lipinski definition) is 7. The molecule has 2 amide bonds. The van der Waals surface area contributed by atoms with Gasteiger partial charge in [-0.3, -0.25) is 0 Å². The molecule has 1 aromatic heterocycles. The lowest BCUT2D eigenvalue weighted by atomic mass is 9.95. The van der Waals surface area contributed by atoms with E-state index in [1.807, 2.05) is 36.4 Å². The van der Waals surface area contributed by atoms with Gasteiger partial charge in [0, 0.05) is 5.69 Å². The molecule has 4 aromatic rings. The van der Waals surface area contributed by atoms with Crippen molar-refractivity contribution >= 4 is 28.4 Å². The van der Waals surface area contributed by atoms with Crippen LogP contribution in [0.15, 0.2) is 72.8 Å². The smallest absolute Gasteiger partial charge is 0.323 e. The van der Waals surface area contributed by atoms with Crippen molar-refractivity contribution in [1.29, 1.82) is 0 Å². The lowest BCUT2D eigenvalue weighted by Gasteiger charge is -2.39. The summed E-state index contributed by atoms with van der Waals surface area (Å²) in [7, 11) is 0. The Bertz CT molecular complexity index is 1380. The molecule has 1 saturated heterocycles. The second kappa shape index (κ2) is 10.7. The van der Waals surface area contributed by atoms with Crippen LogP contribution in [0.25, 0.3) is 11.0 Å². The van der Waals surface area contributed by atoms with Gasteiger partial charge in [0.25, 0.3) is 0 Å². The highest BCUT2D eigenvalue weighted by Crippen LogP contribution is 2.33. The first-order chi connectivity index (χ1) is 17.9. The van der Waals surface area contributed by atoms with Crippen LogP contribution in [0.1, 0.15) is 23.1 Å². The number of benzene rings is 3.